The van der Waals surface area contributed by atoms with Crippen molar-refractivity contribution in [3.63, 3.8) is 0 Å². The van der Waals surface area contributed by atoms with Crippen LogP contribution < -0.4 is 5.32 Å². The Morgan fingerprint density at radius 3 is 2.00 bits per heavy atom. The van der Waals surface area contributed by atoms with Crippen molar-refractivity contribution in [3.8, 4) is 0 Å². The third kappa shape index (κ3) is 6.72. The van der Waals surface area contributed by atoms with Gasteiger partial charge in [-0.05, 0) is 37.3 Å². The number of benzene rings is 1. The van der Waals surface area contributed by atoms with E-state index in [1.807, 2.05) is 24.3 Å². The molecule has 128 valence electrons. The summed E-state index contributed by atoms with van der Waals surface area (Å²) < 4.78 is 5.11. The zero-order valence-corrected chi connectivity index (χ0v) is 14.8. The Labute approximate surface area is 138 Å². The number of carboxylic acids is 1. The number of aliphatic carboxylic acids is 1. The van der Waals surface area contributed by atoms with E-state index in [0.29, 0.717) is 0 Å². The standard InChI is InChI=1S/C18H27NO4/c1-17(2,3)13-9-7-12(8-10-13)11-14(15(20)21)19-16(22)23-18(4,5)6/h7-10,14H,11H2,1-6H3,(H,19,22)(H,20,21). The molecule has 0 aromatic heterocycles. The van der Waals surface area contributed by atoms with Gasteiger partial charge >= 0.3 is 12.1 Å². The molecular formula is C18H27NO4. The average Bonchev–Trinajstić information content (AvgIpc) is 2.35. The molecule has 0 bridgehead atoms. The molecule has 2 N–H and O–H groups in total. The van der Waals surface area contributed by atoms with Crippen LogP contribution in [0.5, 0.6) is 0 Å². The first-order valence-corrected chi connectivity index (χ1v) is 7.70. The fourth-order valence-corrected chi connectivity index (χ4v) is 2.03. The van der Waals surface area contributed by atoms with Crippen LogP contribution in [0.15, 0.2) is 24.3 Å². The smallest absolute Gasteiger partial charge is 0.408 e. The van der Waals surface area contributed by atoms with Crippen LogP contribution in [0, 0.1) is 0 Å². The van der Waals surface area contributed by atoms with Gasteiger partial charge in [0, 0.05) is 6.42 Å². The molecule has 1 unspecified atom stereocenters. The number of hydrogen-bond donors (Lipinski definition) is 2. The van der Waals surface area contributed by atoms with Crippen molar-refractivity contribution in [1.29, 1.82) is 0 Å². The zero-order chi connectivity index (χ0) is 17.8. The number of amides is 1. The lowest BCUT2D eigenvalue weighted by atomic mass is 9.86. The largest absolute Gasteiger partial charge is 0.480 e. The van der Waals surface area contributed by atoms with Gasteiger partial charge in [0.15, 0.2) is 0 Å². The number of carboxylic acid groups (broad SMARTS) is 1. The van der Waals surface area contributed by atoms with Gasteiger partial charge in [-0.25, -0.2) is 9.59 Å². The summed E-state index contributed by atoms with van der Waals surface area (Å²) in [5.41, 5.74) is 1.40. The average molecular weight is 321 g/mol. The quantitative estimate of drug-likeness (QED) is 0.890. The first kappa shape index (κ1) is 19.0. The highest BCUT2D eigenvalue weighted by molar-refractivity contribution is 5.80. The van der Waals surface area contributed by atoms with Crippen molar-refractivity contribution in [2.75, 3.05) is 0 Å². The monoisotopic (exact) mass is 321 g/mol. The fraction of sp³-hybridized carbons (Fsp3) is 0.556. The first-order valence-electron chi connectivity index (χ1n) is 7.70. The molecule has 1 rings (SSSR count). The van der Waals surface area contributed by atoms with Crippen molar-refractivity contribution in [3.05, 3.63) is 35.4 Å². The minimum absolute atomic E-state index is 0.0412. The summed E-state index contributed by atoms with van der Waals surface area (Å²) in [5, 5.41) is 11.7. The van der Waals surface area contributed by atoms with E-state index in [0.717, 1.165) is 5.56 Å². The molecule has 0 aliphatic heterocycles. The molecule has 1 amide bonds. The van der Waals surface area contributed by atoms with Crippen LogP contribution in [0.2, 0.25) is 0 Å². The van der Waals surface area contributed by atoms with Gasteiger partial charge in [0.1, 0.15) is 11.6 Å². The molecule has 0 aliphatic rings. The van der Waals surface area contributed by atoms with Gasteiger partial charge in [-0.15, -0.1) is 0 Å². The molecule has 1 atom stereocenters. The molecule has 0 aliphatic carbocycles. The number of rotatable bonds is 4. The molecule has 1 aromatic rings. The maximum absolute atomic E-state index is 11.8. The number of ether oxygens (including phenoxy) is 1. The maximum Gasteiger partial charge on any atom is 0.408 e. The van der Waals surface area contributed by atoms with Gasteiger partial charge in [-0.2, -0.15) is 0 Å². The van der Waals surface area contributed by atoms with Crippen molar-refractivity contribution in [1.82, 2.24) is 5.32 Å². The van der Waals surface area contributed by atoms with Crippen LogP contribution in [0.1, 0.15) is 52.7 Å². The number of nitrogens with one attached hydrogen (secondary N) is 1. The summed E-state index contributed by atoms with van der Waals surface area (Å²) in [5.74, 6) is -1.09. The van der Waals surface area contributed by atoms with Gasteiger partial charge < -0.3 is 15.2 Å². The molecule has 5 heteroatoms. The highest BCUT2D eigenvalue weighted by Gasteiger charge is 2.24. The van der Waals surface area contributed by atoms with Crippen molar-refractivity contribution in [2.45, 2.75) is 65.0 Å². The molecule has 1 aromatic carbocycles. The van der Waals surface area contributed by atoms with Crippen LogP contribution in [0.25, 0.3) is 0 Å². The molecule has 0 fully saturated rings. The van der Waals surface area contributed by atoms with Crippen LogP contribution in [0.3, 0.4) is 0 Å². The van der Waals surface area contributed by atoms with Crippen molar-refractivity contribution >= 4 is 12.1 Å². The zero-order valence-electron chi connectivity index (χ0n) is 14.8. The molecule has 0 radical (unpaired) electrons. The van der Waals surface area contributed by atoms with Crippen LogP contribution in [0.4, 0.5) is 4.79 Å². The summed E-state index contributed by atoms with van der Waals surface area (Å²) in [6, 6.07) is 6.75. The second-order valence-electron chi connectivity index (χ2n) is 7.69. The minimum atomic E-state index is -1.09. The summed E-state index contributed by atoms with van der Waals surface area (Å²) in [7, 11) is 0. The van der Waals surface area contributed by atoms with Crippen molar-refractivity contribution in [2.24, 2.45) is 0 Å². The number of hydrogen-bond acceptors (Lipinski definition) is 3. The van der Waals surface area contributed by atoms with Crippen LogP contribution >= 0.6 is 0 Å². The maximum atomic E-state index is 11.8. The lowest BCUT2D eigenvalue weighted by Gasteiger charge is -2.22. The van der Waals surface area contributed by atoms with E-state index >= 15 is 0 Å². The second-order valence-corrected chi connectivity index (χ2v) is 7.69. The third-order valence-corrected chi connectivity index (χ3v) is 3.25. The molecule has 0 spiro atoms. The summed E-state index contributed by atoms with van der Waals surface area (Å²) in [6.45, 7) is 11.5. The third-order valence-electron chi connectivity index (χ3n) is 3.25. The summed E-state index contributed by atoms with van der Waals surface area (Å²) in [6.07, 6.45) is -0.518. The van der Waals surface area contributed by atoms with Gasteiger partial charge in [0.25, 0.3) is 0 Å². The highest BCUT2D eigenvalue weighted by atomic mass is 16.6. The Bertz CT molecular complexity index is 550. The Morgan fingerprint density at radius 1 is 1.09 bits per heavy atom. The highest BCUT2D eigenvalue weighted by Crippen LogP contribution is 2.22. The molecule has 23 heavy (non-hydrogen) atoms. The Morgan fingerprint density at radius 2 is 1.61 bits per heavy atom. The predicted octanol–water partition coefficient (Wildman–Crippen LogP) is 3.50. The second kappa shape index (κ2) is 7.02. The molecule has 0 saturated carbocycles. The SMILES string of the molecule is CC(C)(C)OC(=O)NC(Cc1ccc(C(C)(C)C)cc1)C(=O)O. The summed E-state index contributed by atoms with van der Waals surface area (Å²) >= 11 is 0. The Hall–Kier alpha value is -2.04. The molecule has 5 nitrogen and oxygen atoms in total. The molecule has 0 heterocycles. The van der Waals surface area contributed by atoms with Gasteiger partial charge in [0.05, 0.1) is 0 Å². The van der Waals surface area contributed by atoms with Crippen molar-refractivity contribution < 1.29 is 19.4 Å². The topological polar surface area (TPSA) is 75.6 Å². The normalized spacial score (nSPS) is 13.3. The van der Waals surface area contributed by atoms with E-state index in [9.17, 15) is 14.7 Å². The Balaban J connectivity index is 2.77. The van der Waals surface area contributed by atoms with Crippen LogP contribution in [-0.4, -0.2) is 28.8 Å². The van der Waals surface area contributed by atoms with E-state index in [4.69, 9.17) is 4.74 Å². The number of alkyl carbamates (subject to hydrolysis) is 1. The van der Waals surface area contributed by atoms with Gasteiger partial charge in [0.2, 0.25) is 0 Å². The van der Waals surface area contributed by atoms with E-state index in [1.165, 1.54) is 5.56 Å². The molecular weight excluding hydrogens is 294 g/mol. The predicted molar refractivity (Wildman–Crippen MR) is 89.6 cm³/mol. The minimum Gasteiger partial charge on any atom is -0.480 e. The van der Waals surface area contributed by atoms with E-state index in [1.54, 1.807) is 20.8 Å². The van der Waals surface area contributed by atoms with Gasteiger partial charge in [-0.1, -0.05) is 45.0 Å². The lowest BCUT2D eigenvalue weighted by Crippen LogP contribution is -2.44. The fourth-order valence-electron chi connectivity index (χ4n) is 2.03. The van der Waals surface area contributed by atoms with E-state index in [-0.39, 0.29) is 11.8 Å². The number of carbonyl (C=O) groups is 2. The number of carbonyl (C=O) groups excluding carboxylic acids is 1. The van der Waals surface area contributed by atoms with E-state index < -0.39 is 23.7 Å². The molecule has 0 saturated heterocycles. The van der Waals surface area contributed by atoms with E-state index in [2.05, 4.69) is 26.1 Å². The Kier molecular flexibility index (Phi) is 5.81. The van der Waals surface area contributed by atoms with Crippen LogP contribution in [-0.2, 0) is 21.4 Å². The van der Waals surface area contributed by atoms with Gasteiger partial charge in [-0.3, -0.25) is 0 Å². The summed E-state index contributed by atoms with van der Waals surface area (Å²) in [4.78, 5) is 23.1. The first-order chi connectivity index (χ1) is 10.4. The lowest BCUT2D eigenvalue weighted by molar-refractivity contribution is -0.139.